The van der Waals surface area contributed by atoms with E-state index in [1.165, 1.54) is 6.42 Å². The molecule has 1 amide bonds. The van der Waals surface area contributed by atoms with Gasteiger partial charge in [0, 0.05) is 26.2 Å². The Balaban J connectivity index is 2.61. The van der Waals surface area contributed by atoms with E-state index in [1.54, 1.807) is 0 Å². The minimum absolute atomic E-state index is 0.243. The molecule has 1 aliphatic rings. The van der Waals surface area contributed by atoms with Gasteiger partial charge in [-0.2, -0.15) is 0 Å². The van der Waals surface area contributed by atoms with Crippen LogP contribution < -0.4 is 5.73 Å². The van der Waals surface area contributed by atoms with Crippen molar-refractivity contribution in [3.8, 4) is 0 Å². The smallest absolute Gasteiger partial charge is 0.230 e. The Labute approximate surface area is 111 Å². The van der Waals surface area contributed by atoms with Crippen LogP contribution in [0.5, 0.6) is 0 Å². The predicted octanol–water partition coefficient (Wildman–Crippen LogP) is 1.78. The lowest BCUT2D eigenvalue weighted by molar-refractivity contribution is -0.144. The van der Waals surface area contributed by atoms with E-state index in [0.29, 0.717) is 26.3 Å². The van der Waals surface area contributed by atoms with Crippen molar-refractivity contribution in [2.24, 2.45) is 11.1 Å². The highest BCUT2D eigenvalue weighted by atomic mass is 16.5. The SMILES string of the molecule is CCOCCN(CC)C(=O)C1(CN)CCCCC1. The molecule has 18 heavy (non-hydrogen) atoms. The summed E-state index contributed by atoms with van der Waals surface area (Å²) < 4.78 is 5.34. The number of nitrogens with zero attached hydrogens (tertiary/aromatic N) is 1. The van der Waals surface area contributed by atoms with Crippen LogP contribution in [0.4, 0.5) is 0 Å². The lowest BCUT2D eigenvalue weighted by Gasteiger charge is -2.38. The van der Waals surface area contributed by atoms with Crippen LogP contribution in [0.2, 0.25) is 0 Å². The third kappa shape index (κ3) is 3.69. The molecule has 4 nitrogen and oxygen atoms in total. The van der Waals surface area contributed by atoms with Gasteiger partial charge >= 0.3 is 0 Å². The quantitative estimate of drug-likeness (QED) is 0.706. The number of hydrogen-bond donors (Lipinski definition) is 1. The maximum atomic E-state index is 12.7. The second-order valence-corrected chi connectivity index (χ2v) is 5.13. The van der Waals surface area contributed by atoms with E-state index in [1.807, 2.05) is 18.7 Å². The number of rotatable bonds is 7. The fourth-order valence-electron chi connectivity index (χ4n) is 2.79. The van der Waals surface area contributed by atoms with E-state index in [2.05, 4.69) is 0 Å². The first kappa shape index (κ1) is 15.4. The van der Waals surface area contributed by atoms with Gasteiger partial charge in [-0.1, -0.05) is 19.3 Å². The summed E-state index contributed by atoms with van der Waals surface area (Å²) >= 11 is 0. The van der Waals surface area contributed by atoms with E-state index < -0.39 is 0 Å². The van der Waals surface area contributed by atoms with Gasteiger partial charge in [-0.05, 0) is 26.7 Å². The summed E-state index contributed by atoms with van der Waals surface area (Å²) in [6, 6.07) is 0. The standard InChI is InChI=1S/C14H28N2O2/c1-3-16(10-11-18-4-2)13(17)14(12-15)8-6-5-7-9-14/h3-12,15H2,1-2H3. The maximum absolute atomic E-state index is 12.7. The van der Waals surface area contributed by atoms with Crippen LogP contribution in [-0.2, 0) is 9.53 Å². The van der Waals surface area contributed by atoms with E-state index in [-0.39, 0.29) is 11.3 Å². The van der Waals surface area contributed by atoms with E-state index in [9.17, 15) is 4.79 Å². The number of carbonyl (C=O) groups excluding carboxylic acids is 1. The summed E-state index contributed by atoms with van der Waals surface area (Å²) in [6.45, 7) is 7.23. The molecule has 1 fully saturated rings. The third-order valence-corrected chi connectivity index (χ3v) is 4.03. The Morgan fingerprint density at radius 1 is 1.28 bits per heavy atom. The largest absolute Gasteiger partial charge is 0.380 e. The molecule has 2 N–H and O–H groups in total. The van der Waals surface area contributed by atoms with Crippen LogP contribution in [0.1, 0.15) is 46.0 Å². The van der Waals surface area contributed by atoms with Crippen molar-refractivity contribution in [2.75, 3.05) is 32.8 Å². The van der Waals surface area contributed by atoms with Crippen molar-refractivity contribution >= 4 is 5.91 Å². The monoisotopic (exact) mass is 256 g/mol. The van der Waals surface area contributed by atoms with E-state index in [0.717, 1.165) is 32.2 Å². The number of carbonyl (C=O) groups is 1. The molecule has 1 saturated carbocycles. The van der Waals surface area contributed by atoms with Crippen LogP contribution in [0.15, 0.2) is 0 Å². The van der Waals surface area contributed by atoms with Gasteiger partial charge in [-0.25, -0.2) is 0 Å². The van der Waals surface area contributed by atoms with Crippen LogP contribution >= 0.6 is 0 Å². The Bertz CT molecular complexity index is 250. The molecule has 0 aromatic heterocycles. The average Bonchev–Trinajstić information content (AvgIpc) is 2.44. The summed E-state index contributed by atoms with van der Waals surface area (Å²) in [5.74, 6) is 0.243. The zero-order chi connectivity index (χ0) is 13.4. The van der Waals surface area contributed by atoms with Crippen molar-refractivity contribution in [3.63, 3.8) is 0 Å². The lowest BCUT2D eigenvalue weighted by Crippen LogP contribution is -2.50. The number of ether oxygens (including phenoxy) is 1. The molecule has 0 aromatic rings. The summed E-state index contributed by atoms with van der Waals surface area (Å²) in [5.41, 5.74) is 5.62. The van der Waals surface area contributed by atoms with Crippen LogP contribution in [-0.4, -0.2) is 43.7 Å². The molecule has 106 valence electrons. The van der Waals surface area contributed by atoms with Gasteiger partial charge in [0.25, 0.3) is 0 Å². The Hall–Kier alpha value is -0.610. The predicted molar refractivity (Wildman–Crippen MR) is 73.3 cm³/mol. The van der Waals surface area contributed by atoms with E-state index in [4.69, 9.17) is 10.5 Å². The van der Waals surface area contributed by atoms with Gasteiger partial charge in [0.15, 0.2) is 0 Å². The van der Waals surface area contributed by atoms with Gasteiger partial charge in [-0.15, -0.1) is 0 Å². The van der Waals surface area contributed by atoms with Crippen molar-refractivity contribution < 1.29 is 9.53 Å². The first-order chi connectivity index (χ1) is 8.70. The van der Waals surface area contributed by atoms with Gasteiger partial charge in [0.05, 0.1) is 12.0 Å². The van der Waals surface area contributed by atoms with Crippen molar-refractivity contribution in [1.82, 2.24) is 4.90 Å². The van der Waals surface area contributed by atoms with E-state index >= 15 is 0 Å². The maximum Gasteiger partial charge on any atom is 0.230 e. The van der Waals surface area contributed by atoms with Gasteiger partial charge in [-0.3, -0.25) is 4.79 Å². The normalized spacial score (nSPS) is 18.6. The molecule has 0 aliphatic heterocycles. The summed E-state index contributed by atoms with van der Waals surface area (Å²) in [6.07, 6.45) is 5.40. The molecule has 0 atom stereocenters. The molecule has 0 heterocycles. The number of amides is 1. The number of nitrogens with two attached hydrogens (primary N) is 1. The molecular weight excluding hydrogens is 228 g/mol. The zero-order valence-electron chi connectivity index (χ0n) is 11.9. The fraction of sp³-hybridized carbons (Fsp3) is 0.929. The summed E-state index contributed by atoms with van der Waals surface area (Å²) in [4.78, 5) is 14.6. The molecule has 0 aromatic carbocycles. The van der Waals surface area contributed by atoms with Crippen molar-refractivity contribution in [3.05, 3.63) is 0 Å². The first-order valence-corrected chi connectivity index (χ1v) is 7.27. The van der Waals surface area contributed by atoms with Gasteiger partial charge in [0.1, 0.15) is 0 Å². The lowest BCUT2D eigenvalue weighted by atomic mass is 9.73. The summed E-state index contributed by atoms with van der Waals surface area (Å²) in [7, 11) is 0. The highest BCUT2D eigenvalue weighted by Gasteiger charge is 2.40. The molecule has 0 saturated heterocycles. The van der Waals surface area contributed by atoms with Crippen LogP contribution in [0.3, 0.4) is 0 Å². The second kappa shape index (κ2) is 7.74. The Morgan fingerprint density at radius 2 is 1.94 bits per heavy atom. The van der Waals surface area contributed by atoms with Crippen LogP contribution in [0, 0.1) is 5.41 Å². The molecule has 1 rings (SSSR count). The minimum Gasteiger partial charge on any atom is -0.380 e. The highest BCUT2D eigenvalue weighted by molar-refractivity contribution is 5.83. The second-order valence-electron chi connectivity index (χ2n) is 5.13. The van der Waals surface area contributed by atoms with Crippen molar-refractivity contribution in [2.45, 2.75) is 46.0 Å². The van der Waals surface area contributed by atoms with Crippen molar-refractivity contribution in [1.29, 1.82) is 0 Å². The molecule has 0 bridgehead atoms. The average molecular weight is 256 g/mol. The molecule has 0 spiro atoms. The highest BCUT2D eigenvalue weighted by Crippen LogP contribution is 2.37. The molecular formula is C14H28N2O2. The third-order valence-electron chi connectivity index (χ3n) is 4.03. The Morgan fingerprint density at radius 3 is 2.44 bits per heavy atom. The molecule has 1 aliphatic carbocycles. The minimum atomic E-state index is -0.291. The van der Waals surface area contributed by atoms with Gasteiger partial charge < -0.3 is 15.4 Å². The topological polar surface area (TPSA) is 55.6 Å². The summed E-state index contributed by atoms with van der Waals surface area (Å²) in [5, 5.41) is 0. The number of likely N-dealkylation sites (N-methyl/N-ethyl adjacent to an activating group) is 1. The number of hydrogen-bond acceptors (Lipinski definition) is 3. The Kier molecular flexibility index (Phi) is 6.65. The molecule has 0 unspecified atom stereocenters. The molecule has 0 radical (unpaired) electrons. The van der Waals surface area contributed by atoms with Crippen LogP contribution in [0.25, 0.3) is 0 Å². The fourth-order valence-corrected chi connectivity index (χ4v) is 2.79. The first-order valence-electron chi connectivity index (χ1n) is 7.27. The van der Waals surface area contributed by atoms with Gasteiger partial charge in [0.2, 0.25) is 5.91 Å². The zero-order valence-corrected chi connectivity index (χ0v) is 11.9. The molecule has 4 heteroatoms.